The topological polar surface area (TPSA) is 47.6 Å². The summed E-state index contributed by atoms with van der Waals surface area (Å²) in [6.07, 6.45) is 1.70. The van der Waals surface area contributed by atoms with Gasteiger partial charge >= 0.3 is 6.16 Å². The molecule has 72 valence electrons. The Labute approximate surface area is 73.2 Å². The van der Waals surface area contributed by atoms with Crippen molar-refractivity contribution >= 4 is 6.16 Å². The van der Waals surface area contributed by atoms with E-state index in [9.17, 15) is 4.79 Å². The lowest BCUT2D eigenvalue weighted by Crippen LogP contribution is -2.22. The van der Waals surface area contributed by atoms with Crippen LogP contribution in [0.2, 0.25) is 0 Å². The van der Waals surface area contributed by atoms with Gasteiger partial charge in [0.2, 0.25) is 0 Å². The zero-order valence-corrected chi connectivity index (χ0v) is 7.76. The van der Waals surface area contributed by atoms with E-state index in [1.807, 2.05) is 0 Å². The third-order valence-corrected chi connectivity index (χ3v) is 1.37. The maximum Gasteiger partial charge on any atom is 0.508 e. The van der Waals surface area contributed by atoms with Gasteiger partial charge in [0.15, 0.2) is 0 Å². The SMILES string of the molecule is CCCCNCCOC(=O)OC. The average molecular weight is 175 g/mol. The second-order valence-corrected chi connectivity index (χ2v) is 2.41. The van der Waals surface area contributed by atoms with Crippen LogP contribution >= 0.6 is 0 Å². The molecule has 0 aliphatic carbocycles. The molecule has 0 aromatic heterocycles. The van der Waals surface area contributed by atoms with E-state index in [0.29, 0.717) is 13.2 Å². The van der Waals surface area contributed by atoms with Gasteiger partial charge in [-0.3, -0.25) is 0 Å². The van der Waals surface area contributed by atoms with Crippen LogP contribution < -0.4 is 5.32 Å². The van der Waals surface area contributed by atoms with E-state index in [2.05, 4.69) is 21.7 Å². The molecule has 0 aliphatic heterocycles. The first-order valence-electron chi connectivity index (χ1n) is 4.22. The first-order chi connectivity index (χ1) is 5.81. The van der Waals surface area contributed by atoms with Crippen LogP contribution in [0.5, 0.6) is 0 Å². The van der Waals surface area contributed by atoms with Crippen molar-refractivity contribution in [3.05, 3.63) is 0 Å². The molecule has 0 amide bonds. The van der Waals surface area contributed by atoms with Gasteiger partial charge in [-0.1, -0.05) is 13.3 Å². The molecule has 0 aromatic rings. The van der Waals surface area contributed by atoms with Crippen molar-refractivity contribution in [2.75, 3.05) is 26.8 Å². The zero-order valence-electron chi connectivity index (χ0n) is 7.76. The molecule has 0 saturated carbocycles. The number of nitrogens with one attached hydrogen (secondary N) is 1. The Balaban J connectivity index is 2.95. The van der Waals surface area contributed by atoms with Crippen molar-refractivity contribution in [3.8, 4) is 0 Å². The van der Waals surface area contributed by atoms with Crippen LogP contribution in [0.1, 0.15) is 19.8 Å². The molecule has 0 fully saturated rings. The number of unbranched alkanes of at least 4 members (excludes halogenated alkanes) is 1. The standard InChI is InChI=1S/C8H17NO3/c1-3-4-5-9-6-7-12-8(10)11-2/h9H,3-7H2,1-2H3. The first-order valence-corrected chi connectivity index (χ1v) is 4.22. The number of carbonyl (C=O) groups excluding carboxylic acids is 1. The first kappa shape index (κ1) is 11.2. The van der Waals surface area contributed by atoms with E-state index < -0.39 is 6.16 Å². The van der Waals surface area contributed by atoms with Gasteiger partial charge in [-0.05, 0) is 13.0 Å². The molecular formula is C8H17NO3. The predicted molar refractivity (Wildman–Crippen MR) is 46.1 cm³/mol. The van der Waals surface area contributed by atoms with Crippen molar-refractivity contribution in [2.45, 2.75) is 19.8 Å². The van der Waals surface area contributed by atoms with E-state index >= 15 is 0 Å². The normalized spacial score (nSPS) is 9.50. The van der Waals surface area contributed by atoms with Gasteiger partial charge in [-0.15, -0.1) is 0 Å². The fourth-order valence-electron chi connectivity index (χ4n) is 0.692. The minimum Gasteiger partial charge on any atom is -0.438 e. The highest BCUT2D eigenvalue weighted by Crippen LogP contribution is 1.83. The molecule has 1 N–H and O–H groups in total. The molecule has 0 unspecified atom stereocenters. The Kier molecular flexibility index (Phi) is 7.79. The van der Waals surface area contributed by atoms with Crippen LogP contribution in [-0.2, 0) is 9.47 Å². The molecule has 4 nitrogen and oxygen atoms in total. The van der Waals surface area contributed by atoms with Gasteiger partial charge < -0.3 is 14.8 Å². The van der Waals surface area contributed by atoms with Gasteiger partial charge in [0.1, 0.15) is 6.61 Å². The molecule has 0 atom stereocenters. The molecule has 0 rings (SSSR count). The maximum atomic E-state index is 10.4. The van der Waals surface area contributed by atoms with Crippen LogP contribution in [-0.4, -0.2) is 33.0 Å². The third kappa shape index (κ3) is 7.34. The summed E-state index contributed by atoms with van der Waals surface area (Å²) < 4.78 is 8.94. The highest BCUT2D eigenvalue weighted by molar-refractivity contribution is 5.59. The Morgan fingerprint density at radius 3 is 2.75 bits per heavy atom. The summed E-state index contributed by atoms with van der Waals surface area (Å²) in [5, 5.41) is 3.13. The largest absolute Gasteiger partial charge is 0.508 e. The molecule has 0 saturated heterocycles. The molecule has 0 aromatic carbocycles. The van der Waals surface area contributed by atoms with E-state index in [1.54, 1.807) is 0 Å². The van der Waals surface area contributed by atoms with E-state index in [1.165, 1.54) is 13.5 Å². The number of rotatable bonds is 6. The molecule has 0 spiro atoms. The monoisotopic (exact) mass is 175 g/mol. The van der Waals surface area contributed by atoms with Crippen LogP contribution in [0, 0.1) is 0 Å². The van der Waals surface area contributed by atoms with Crippen molar-refractivity contribution in [1.29, 1.82) is 0 Å². The lowest BCUT2D eigenvalue weighted by molar-refractivity contribution is 0.0735. The Morgan fingerprint density at radius 1 is 1.42 bits per heavy atom. The summed E-state index contributed by atoms with van der Waals surface area (Å²) in [4.78, 5) is 10.4. The summed E-state index contributed by atoms with van der Waals surface area (Å²) in [6, 6.07) is 0. The van der Waals surface area contributed by atoms with Crippen LogP contribution in [0.4, 0.5) is 4.79 Å². The molecule has 0 aliphatic rings. The van der Waals surface area contributed by atoms with Crippen LogP contribution in [0.25, 0.3) is 0 Å². The van der Waals surface area contributed by atoms with Gasteiger partial charge in [-0.25, -0.2) is 4.79 Å². The number of hydrogen-bond donors (Lipinski definition) is 1. The second-order valence-electron chi connectivity index (χ2n) is 2.41. The van der Waals surface area contributed by atoms with Gasteiger partial charge in [0.25, 0.3) is 0 Å². The number of carbonyl (C=O) groups is 1. The van der Waals surface area contributed by atoms with Crippen molar-refractivity contribution in [1.82, 2.24) is 5.32 Å². The fourth-order valence-corrected chi connectivity index (χ4v) is 0.692. The quantitative estimate of drug-likeness (QED) is 0.486. The molecule has 4 heteroatoms. The molecule has 0 radical (unpaired) electrons. The zero-order chi connectivity index (χ0) is 9.23. The Morgan fingerprint density at radius 2 is 2.17 bits per heavy atom. The molecule has 0 heterocycles. The summed E-state index contributed by atoms with van der Waals surface area (Å²) >= 11 is 0. The number of ether oxygens (including phenoxy) is 2. The van der Waals surface area contributed by atoms with E-state index in [4.69, 9.17) is 0 Å². The minimum atomic E-state index is -0.618. The van der Waals surface area contributed by atoms with Crippen LogP contribution in [0.15, 0.2) is 0 Å². The second kappa shape index (κ2) is 8.33. The van der Waals surface area contributed by atoms with Gasteiger partial charge in [-0.2, -0.15) is 0 Å². The van der Waals surface area contributed by atoms with Gasteiger partial charge in [0.05, 0.1) is 7.11 Å². The van der Waals surface area contributed by atoms with Crippen LogP contribution in [0.3, 0.4) is 0 Å². The number of methoxy groups -OCH3 is 1. The average Bonchev–Trinajstić information content (AvgIpc) is 2.10. The van der Waals surface area contributed by atoms with Crippen molar-refractivity contribution < 1.29 is 14.3 Å². The third-order valence-electron chi connectivity index (χ3n) is 1.37. The summed E-state index contributed by atoms with van der Waals surface area (Å²) in [6.45, 7) is 4.17. The lowest BCUT2D eigenvalue weighted by atomic mass is 10.3. The predicted octanol–water partition coefficient (Wildman–Crippen LogP) is 1.16. The van der Waals surface area contributed by atoms with Crippen molar-refractivity contribution in [2.24, 2.45) is 0 Å². The minimum absolute atomic E-state index is 0.371. The summed E-state index contributed by atoms with van der Waals surface area (Å²) in [7, 11) is 1.30. The summed E-state index contributed by atoms with van der Waals surface area (Å²) in [5.41, 5.74) is 0. The highest BCUT2D eigenvalue weighted by Gasteiger charge is 1.97. The van der Waals surface area contributed by atoms with E-state index in [-0.39, 0.29) is 0 Å². The Bertz CT molecular complexity index is 117. The van der Waals surface area contributed by atoms with Crippen molar-refractivity contribution in [3.63, 3.8) is 0 Å². The van der Waals surface area contributed by atoms with Gasteiger partial charge in [0, 0.05) is 6.54 Å². The molecule has 0 bridgehead atoms. The maximum absolute atomic E-state index is 10.4. The summed E-state index contributed by atoms with van der Waals surface area (Å²) in [5.74, 6) is 0. The Hall–Kier alpha value is -0.770. The van der Waals surface area contributed by atoms with E-state index in [0.717, 1.165) is 13.0 Å². The smallest absolute Gasteiger partial charge is 0.438 e. The molecular weight excluding hydrogens is 158 g/mol. The molecule has 12 heavy (non-hydrogen) atoms. The number of hydrogen-bond acceptors (Lipinski definition) is 4. The fraction of sp³-hybridized carbons (Fsp3) is 0.875. The lowest BCUT2D eigenvalue weighted by Gasteiger charge is -2.03. The highest BCUT2D eigenvalue weighted by atomic mass is 16.7.